The van der Waals surface area contributed by atoms with E-state index in [0.29, 0.717) is 6.54 Å². The van der Waals surface area contributed by atoms with Gasteiger partial charge in [-0.25, -0.2) is 9.98 Å². The van der Waals surface area contributed by atoms with E-state index in [1.807, 2.05) is 30.3 Å². The van der Waals surface area contributed by atoms with E-state index in [1.165, 1.54) is 6.34 Å². The highest BCUT2D eigenvalue weighted by Crippen LogP contribution is 2.14. The van der Waals surface area contributed by atoms with Crippen LogP contribution in [0.3, 0.4) is 0 Å². The molecule has 0 radical (unpaired) electrons. The fourth-order valence-electron chi connectivity index (χ4n) is 1.35. The first-order valence-corrected chi connectivity index (χ1v) is 5.09. The van der Waals surface area contributed by atoms with Crippen molar-refractivity contribution in [1.29, 1.82) is 0 Å². The number of aromatic hydroxyl groups is 1. The van der Waals surface area contributed by atoms with Crippen LogP contribution in [-0.4, -0.2) is 28.9 Å². The number of carbonyl (C=O) groups is 1. The molecule has 1 aromatic carbocycles. The number of hydrogen-bond acceptors (Lipinski definition) is 4. The van der Waals surface area contributed by atoms with Crippen molar-refractivity contribution in [3.8, 4) is 5.88 Å². The molecule has 1 aliphatic heterocycles. The summed E-state index contributed by atoms with van der Waals surface area (Å²) < 4.78 is 0. The Morgan fingerprint density at radius 2 is 2.00 bits per heavy atom. The van der Waals surface area contributed by atoms with Crippen LogP contribution >= 0.6 is 0 Å². The molecule has 3 rings (SSSR count). The Kier molecular flexibility index (Phi) is 3.30. The van der Waals surface area contributed by atoms with E-state index < -0.39 is 0 Å². The van der Waals surface area contributed by atoms with Gasteiger partial charge in [0.05, 0.1) is 18.4 Å². The van der Waals surface area contributed by atoms with Gasteiger partial charge in [-0.05, 0) is 12.1 Å². The molecule has 1 aliphatic rings. The summed E-state index contributed by atoms with van der Waals surface area (Å²) >= 11 is 0. The number of hydrogen-bond donors (Lipinski definition) is 2. The van der Waals surface area contributed by atoms with Crippen molar-refractivity contribution in [2.24, 2.45) is 4.99 Å². The molecule has 17 heavy (non-hydrogen) atoms. The number of nitrogens with zero attached hydrogens (tertiary/aromatic N) is 2. The second-order valence-electron chi connectivity index (χ2n) is 3.39. The number of amides is 1. The Morgan fingerprint density at radius 3 is 2.65 bits per heavy atom. The van der Waals surface area contributed by atoms with E-state index in [1.54, 1.807) is 6.07 Å². The minimum atomic E-state index is -0.0880. The van der Waals surface area contributed by atoms with Crippen LogP contribution in [0.5, 0.6) is 5.88 Å². The first-order chi connectivity index (χ1) is 8.25. The third-order valence-electron chi connectivity index (χ3n) is 2.14. The predicted octanol–water partition coefficient (Wildman–Crippen LogP) is 1.08. The molecule has 2 heterocycles. The van der Waals surface area contributed by atoms with Crippen molar-refractivity contribution in [3.05, 3.63) is 36.4 Å². The summed E-state index contributed by atoms with van der Waals surface area (Å²) in [4.78, 5) is 17.3. The third kappa shape index (κ3) is 3.01. The minimum Gasteiger partial charge on any atom is -0.493 e. The molecule has 0 atom stereocenters. The van der Waals surface area contributed by atoms with Gasteiger partial charge in [-0.15, -0.1) is 0 Å². The quantitative estimate of drug-likeness (QED) is 0.709. The third-order valence-corrected chi connectivity index (χ3v) is 2.14. The highest BCUT2D eigenvalue weighted by atomic mass is 16.3. The maximum atomic E-state index is 9.98. The molecule has 0 bridgehead atoms. The van der Waals surface area contributed by atoms with Gasteiger partial charge in [0.15, 0.2) is 0 Å². The molecule has 1 aromatic heterocycles. The Bertz CT molecular complexity index is 566. The topological polar surface area (TPSA) is 74.6 Å². The second kappa shape index (κ2) is 5.07. The van der Waals surface area contributed by atoms with E-state index in [9.17, 15) is 4.79 Å². The number of nitrogens with one attached hydrogen (secondary N) is 1. The summed E-state index contributed by atoms with van der Waals surface area (Å²) in [5.74, 6) is -0.0151. The van der Waals surface area contributed by atoms with Gasteiger partial charge in [-0.3, -0.25) is 4.79 Å². The number of carbonyl (C=O) groups excluding carboxylic acids is 1. The fraction of sp³-hybridized carbons (Fsp3) is 0.0833. The van der Waals surface area contributed by atoms with Gasteiger partial charge in [0.25, 0.3) is 5.91 Å². The van der Waals surface area contributed by atoms with Gasteiger partial charge in [0.1, 0.15) is 0 Å². The van der Waals surface area contributed by atoms with Crippen molar-refractivity contribution < 1.29 is 9.90 Å². The molecule has 0 saturated carbocycles. The zero-order chi connectivity index (χ0) is 12.1. The highest BCUT2D eigenvalue weighted by Gasteiger charge is 1.98. The first kappa shape index (κ1) is 11.1. The van der Waals surface area contributed by atoms with E-state index in [2.05, 4.69) is 15.3 Å². The van der Waals surface area contributed by atoms with Crippen LogP contribution in [0.4, 0.5) is 0 Å². The van der Waals surface area contributed by atoms with Crippen molar-refractivity contribution in [3.63, 3.8) is 0 Å². The molecule has 2 N–H and O–H groups in total. The molecule has 0 aliphatic carbocycles. The van der Waals surface area contributed by atoms with Crippen molar-refractivity contribution in [1.82, 2.24) is 10.3 Å². The van der Waals surface area contributed by atoms with Crippen molar-refractivity contribution >= 4 is 23.1 Å². The summed E-state index contributed by atoms with van der Waals surface area (Å²) in [6.07, 6.45) is 1.41. The van der Waals surface area contributed by atoms with E-state index >= 15 is 0 Å². The van der Waals surface area contributed by atoms with Crippen LogP contribution in [-0.2, 0) is 4.79 Å². The smallest absolute Gasteiger partial charge is 0.266 e. The number of para-hydroxylation sites is 1. The first-order valence-electron chi connectivity index (χ1n) is 5.09. The zero-order valence-corrected chi connectivity index (χ0v) is 9.00. The minimum absolute atomic E-state index is 0.0729. The molecular formula is C12H11N3O2. The Hall–Kier alpha value is -2.43. The highest BCUT2D eigenvalue weighted by molar-refractivity contribution is 5.91. The average Bonchev–Trinajstić information content (AvgIpc) is 2.81. The lowest BCUT2D eigenvalue weighted by Gasteiger charge is -1.95. The molecule has 0 unspecified atom stereocenters. The van der Waals surface area contributed by atoms with E-state index in [-0.39, 0.29) is 11.8 Å². The Balaban J connectivity index is 0.000000153. The normalized spacial score (nSPS) is 13.1. The summed E-state index contributed by atoms with van der Waals surface area (Å²) in [6.45, 7) is 0.375. The SMILES string of the molecule is O=C1CNC=N1.Oc1ccc2ccccc2n1. The number of aliphatic imine (C=N–C) groups is 1. The lowest BCUT2D eigenvalue weighted by atomic mass is 10.2. The number of pyridine rings is 1. The van der Waals surface area contributed by atoms with Crippen molar-refractivity contribution in [2.75, 3.05) is 6.54 Å². The average molecular weight is 229 g/mol. The molecule has 86 valence electrons. The second-order valence-corrected chi connectivity index (χ2v) is 3.39. The standard InChI is InChI=1S/C9H7NO.C3H4N2O/c11-9-6-5-7-3-1-2-4-8(7)10-9;6-3-1-4-2-5-3/h1-6H,(H,10,11);2H,1H2,(H,4,5,6). The summed E-state index contributed by atoms with van der Waals surface area (Å²) in [6, 6.07) is 11.1. The molecule has 0 saturated heterocycles. The van der Waals surface area contributed by atoms with Crippen LogP contribution in [0.15, 0.2) is 41.4 Å². The predicted molar refractivity (Wildman–Crippen MR) is 64.9 cm³/mol. The molecular weight excluding hydrogens is 218 g/mol. The van der Waals surface area contributed by atoms with Crippen molar-refractivity contribution in [2.45, 2.75) is 0 Å². The van der Waals surface area contributed by atoms with Gasteiger partial charge >= 0.3 is 0 Å². The van der Waals surface area contributed by atoms with Gasteiger partial charge in [0, 0.05) is 11.5 Å². The number of aromatic nitrogens is 1. The summed E-state index contributed by atoms with van der Waals surface area (Å²) in [5.41, 5.74) is 0.826. The lowest BCUT2D eigenvalue weighted by Crippen LogP contribution is -2.09. The van der Waals surface area contributed by atoms with Crippen LogP contribution < -0.4 is 5.32 Å². The van der Waals surface area contributed by atoms with Gasteiger partial charge in [-0.1, -0.05) is 18.2 Å². The molecule has 5 heteroatoms. The maximum Gasteiger partial charge on any atom is 0.266 e. The fourth-order valence-corrected chi connectivity index (χ4v) is 1.35. The number of fused-ring (bicyclic) bond motifs is 1. The maximum absolute atomic E-state index is 9.98. The molecule has 0 fully saturated rings. The zero-order valence-electron chi connectivity index (χ0n) is 9.00. The summed E-state index contributed by atoms with van der Waals surface area (Å²) in [7, 11) is 0. The Labute approximate surface area is 97.8 Å². The lowest BCUT2D eigenvalue weighted by molar-refractivity contribution is -0.116. The van der Waals surface area contributed by atoms with Gasteiger partial charge < -0.3 is 10.4 Å². The molecule has 1 amide bonds. The molecule has 2 aromatic rings. The summed E-state index contributed by atoms with van der Waals surface area (Å²) in [5, 5.41) is 12.7. The van der Waals surface area contributed by atoms with E-state index in [0.717, 1.165) is 10.9 Å². The van der Waals surface area contributed by atoms with Gasteiger partial charge in [0.2, 0.25) is 5.88 Å². The molecule has 5 nitrogen and oxygen atoms in total. The van der Waals surface area contributed by atoms with E-state index in [4.69, 9.17) is 5.11 Å². The van der Waals surface area contributed by atoms with Crippen LogP contribution in [0, 0.1) is 0 Å². The van der Waals surface area contributed by atoms with Crippen LogP contribution in [0.2, 0.25) is 0 Å². The Morgan fingerprint density at radius 1 is 1.18 bits per heavy atom. The van der Waals surface area contributed by atoms with Crippen LogP contribution in [0.25, 0.3) is 10.9 Å². The molecule has 0 spiro atoms. The van der Waals surface area contributed by atoms with Gasteiger partial charge in [-0.2, -0.15) is 0 Å². The number of benzene rings is 1. The number of rotatable bonds is 0. The van der Waals surface area contributed by atoms with Crippen LogP contribution in [0.1, 0.15) is 0 Å². The largest absolute Gasteiger partial charge is 0.493 e. The monoisotopic (exact) mass is 229 g/mol.